The summed E-state index contributed by atoms with van der Waals surface area (Å²) in [4.78, 5) is 18.6. The number of ether oxygens (including phenoxy) is 2. The maximum atomic E-state index is 13.3. The van der Waals surface area contributed by atoms with E-state index in [0.717, 1.165) is 38.8 Å². The molecule has 5 atom stereocenters. The first-order chi connectivity index (χ1) is 20.7. The first-order valence-electron chi connectivity index (χ1n) is 17.9. The predicted octanol–water partition coefficient (Wildman–Crippen LogP) is 8.77. The molecular weight excluding hydrogens is 548 g/mol. The van der Waals surface area contributed by atoms with Gasteiger partial charge < -0.3 is 14.6 Å². The SMILES string of the molecule is CCCCCN1C(C(C)C)CC(OC(=O)c2ccc(C(O)OC3CC(C(C)C)N(CCCCC)C(C)(C)C3)cc2)CC1(C)C. The molecule has 0 bridgehead atoms. The van der Waals surface area contributed by atoms with Crippen molar-refractivity contribution >= 4 is 5.97 Å². The summed E-state index contributed by atoms with van der Waals surface area (Å²) >= 11 is 0. The second-order valence-electron chi connectivity index (χ2n) is 15.7. The number of esters is 1. The first-order valence-corrected chi connectivity index (χ1v) is 17.9. The van der Waals surface area contributed by atoms with Crippen molar-refractivity contribution in [2.75, 3.05) is 13.1 Å². The van der Waals surface area contributed by atoms with Gasteiger partial charge in [0.05, 0.1) is 11.7 Å². The third-order valence-corrected chi connectivity index (χ3v) is 10.4. The number of hydrogen-bond acceptors (Lipinski definition) is 6. The van der Waals surface area contributed by atoms with Crippen molar-refractivity contribution in [3.8, 4) is 0 Å². The van der Waals surface area contributed by atoms with Gasteiger partial charge in [-0.05, 0) is 90.4 Å². The molecule has 1 N–H and O–H groups in total. The average Bonchev–Trinajstić information content (AvgIpc) is 2.94. The van der Waals surface area contributed by atoms with Gasteiger partial charge in [-0.1, -0.05) is 79.4 Å². The average molecular weight is 615 g/mol. The van der Waals surface area contributed by atoms with E-state index in [1.807, 2.05) is 12.1 Å². The van der Waals surface area contributed by atoms with E-state index in [9.17, 15) is 9.90 Å². The molecule has 3 rings (SSSR count). The van der Waals surface area contributed by atoms with Crippen LogP contribution in [0.1, 0.15) is 156 Å². The highest BCUT2D eigenvalue weighted by Crippen LogP contribution is 2.39. The third kappa shape index (κ3) is 9.77. The molecule has 6 nitrogen and oxygen atoms in total. The summed E-state index contributed by atoms with van der Waals surface area (Å²) in [5.74, 6) is 0.721. The highest BCUT2D eigenvalue weighted by Gasteiger charge is 2.44. The van der Waals surface area contributed by atoms with Gasteiger partial charge >= 0.3 is 5.97 Å². The van der Waals surface area contributed by atoms with Gasteiger partial charge in [0.2, 0.25) is 0 Å². The molecule has 2 fully saturated rings. The monoisotopic (exact) mass is 615 g/mol. The maximum absolute atomic E-state index is 13.3. The fraction of sp³-hybridized carbons (Fsp3) is 0.816. The molecule has 0 radical (unpaired) electrons. The first kappa shape index (κ1) is 37.0. The molecule has 0 spiro atoms. The number of hydrogen-bond donors (Lipinski definition) is 1. The summed E-state index contributed by atoms with van der Waals surface area (Å²) in [6.45, 7) is 25.1. The molecule has 5 unspecified atom stereocenters. The quantitative estimate of drug-likeness (QED) is 0.121. The molecule has 2 aliphatic rings. The van der Waals surface area contributed by atoms with Gasteiger partial charge in [-0.15, -0.1) is 0 Å². The van der Waals surface area contributed by atoms with E-state index in [1.165, 1.54) is 38.5 Å². The van der Waals surface area contributed by atoms with Crippen LogP contribution in [0.15, 0.2) is 24.3 Å². The number of likely N-dealkylation sites (tertiary alicyclic amines) is 2. The molecule has 44 heavy (non-hydrogen) atoms. The van der Waals surface area contributed by atoms with Crippen LogP contribution >= 0.6 is 0 Å². The van der Waals surface area contributed by atoms with Crippen molar-refractivity contribution in [1.82, 2.24) is 9.80 Å². The minimum atomic E-state index is -1.02. The topological polar surface area (TPSA) is 62.2 Å². The third-order valence-electron chi connectivity index (χ3n) is 10.4. The second kappa shape index (κ2) is 16.4. The zero-order chi connectivity index (χ0) is 32.7. The van der Waals surface area contributed by atoms with Crippen LogP contribution < -0.4 is 0 Å². The number of carbonyl (C=O) groups is 1. The van der Waals surface area contributed by atoms with E-state index in [1.54, 1.807) is 12.1 Å². The minimum absolute atomic E-state index is 0.00767. The number of nitrogens with zero attached hydrogens (tertiary/aromatic N) is 2. The fourth-order valence-corrected chi connectivity index (χ4v) is 7.93. The lowest BCUT2D eigenvalue weighted by atomic mass is 9.80. The molecule has 0 aromatic heterocycles. The van der Waals surface area contributed by atoms with Gasteiger partial charge in [-0.2, -0.15) is 0 Å². The number of benzene rings is 1. The van der Waals surface area contributed by atoms with Crippen LogP contribution in [0.25, 0.3) is 0 Å². The molecule has 1 aromatic rings. The molecule has 2 aliphatic heterocycles. The van der Waals surface area contributed by atoms with Gasteiger partial charge in [0.1, 0.15) is 6.10 Å². The summed E-state index contributed by atoms with van der Waals surface area (Å²) in [6.07, 6.45) is 9.75. The molecule has 0 amide bonds. The van der Waals surface area contributed by atoms with Crippen molar-refractivity contribution in [3.05, 3.63) is 35.4 Å². The lowest BCUT2D eigenvalue weighted by molar-refractivity contribution is -0.176. The van der Waals surface area contributed by atoms with Crippen molar-refractivity contribution in [2.45, 2.75) is 175 Å². The zero-order valence-electron chi connectivity index (χ0n) is 29.9. The number of aliphatic hydroxyl groups is 1. The highest BCUT2D eigenvalue weighted by atomic mass is 16.6. The van der Waals surface area contributed by atoms with Crippen molar-refractivity contribution in [2.24, 2.45) is 11.8 Å². The fourth-order valence-electron chi connectivity index (χ4n) is 7.93. The van der Waals surface area contributed by atoms with Crippen LogP contribution in [0.5, 0.6) is 0 Å². The van der Waals surface area contributed by atoms with Gasteiger partial charge in [-0.25, -0.2) is 4.79 Å². The van der Waals surface area contributed by atoms with Crippen LogP contribution in [0.2, 0.25) is 0 Å². The Bertz CT molecular complexity index is 1000. The van der Waals surface area contributed by atoms with Gasteiger partial charge in [0.25, 0.3) is 0 Å². The normalized spacial score (nSPS) is 26.7. The second-order valence-corrected chi connectivity index (χ2v) is 15.7. The van der Waals surface area contributed by atoms with Crippen LogP contribution in [0.3, 0.4) is 0 Å². The number of piperidine rings is 2. The summed E-state index contributed by atoms with van der Waals surface area (Å²) in [5, 5.41) is 11.1. The van der Waals surface area contributed by atoms with E-state index < -0.39 is 6.29 Å². The van der Waals surface area contributed by atoms with E-state index in [-0.39, 0.29) is 29.3 Å². The Hall–Kier alpha value is -1.47. The zero-order valence-corrected chi connectivity index (χ0v) is 29.9. The number of carbonyl (C=O) groups excluding carboxylic acids is 1. The molecule has 2 heterocycles. The van der Waals surface area contributed by atoms with E-state index in [0.29, 0.717) is 35.0 Å². The molecule has 252 valence electrons. The van der Waals surface area contributed by atoms with Crippen LogP contribution in [-0.4, -0.2) is 69.3 Å². The van der Waals surface area contributed by atoms with Crippen molar-refractivity contribution in [3.63, 3.8) is 0 Å². The minimum Gasteiger partial charge on any atom is -0.459 e. The van der Waals surface area contributed by atoms with Crippen LogP contribution in [-0.2, 0) is 9.47 Å². The molecule has 6 heteroatoms. The Kier molecular flexibility index (Phi) is 13.8. The smallest absolute Gasteiger partial charge is 0.338 e. The van der Waals surface area contributed by atoms with Crippen molar-refractivity contribution in [1.29, 1.82) is 0 Å². The van der Waals surface area contributed by atoms with Crippen LogP contribution in [0, 0.1) is 11.8 Å². The van der Waals surface area contributed by atoms with Gasteiger partial charge in [0, 0.05) is 41.6 Å². The van der Waals surface area contributed by atoms with Crippen LogP contribution in [0.4, 0.5) is 0 Å². The van der Waals surface area contributed by atoms with Gasteiger partial charge in [-0.3, -0.25) is 9.80 Å². The molecule has 1 aromatic carbocycles. The Morgan fingerprint density at radius 3 is 1.70 bits per heavy atom. The Labute approximate surface area is 270 Å². The van der Waals surface area contributed by atoms with E-state index in [4.69, 9.17) is 9.47 Å². The molecule has 0 saturated carbocycles. The van der Waals surface area contributed by atoms with E-state index >= 15 is 0 Å². The largest absolute Gasteiger partial charge is 0.459 e. The molecule has 0 aliphatic carbocycles. The lowest BCUT2D eigenvalue weighted by Gasteiger charge is -2.52. The number of aliphatic hydroxyl groups excluding tert-OH is 1. The summed E-state index contributed by atoms with van der Waals surface area (Å²) in [6, 6.07) is 7.98. The molecular formula is C38H66N2O4. The van der Waals surface area contributed by atoms with E-state index in [2.05, 4.69) is 79.0 Å². The Morgan fingerprint density at radius 2 is 1.25 bits per heavy atom. The Morgan fingerprint density at radius 1 is 0.795 bits per heavy atom. The summed E-state index contributed by atoms with van der Waals surface area (Å²) < 4.78 is 12.4. The maximum Gasteiger partial charge on any atom is 0.338 e. The van der Waals surface area contributed by atoms with Gasteiger partial charge in [0.15, 0.2) is 6.29 Å². The summed E-state index contributed by atoms with van der Waals surface area (Å²) in [7, 11) is 0. The number of unbranched alkanes of at least 4 members (excludes halogenated alkanes) is 4. The lowest BCUT2D eigenvalue weighted by Crippen LogP contribution is -2.59. The summed E-state index contributed by atoms with van der Waals surface area (Å²) in [5.41, 5.74) is 1.18. The molecule has 2 saturated heterocycles. The van der Waals surface area contributed by atoms with Crippen molar-refractivity contribution < 1.29 is 19.4 Å². The number of rotatable bonds is 15. The Balaban J connectivity index is 1.61. The highest BCUT2D eigenvalue weighted by molar-refractivity contribution is 5.89. The predicted molar refractivity (Wildman–Crippen MR) is 182 cm³/mol. The standard InChI is InChI=1S/C38H66N2O4/c1-11-13-15-21-39-33(27(3)4)23-31(25-37(39,7)8)43-35(41)29-17-19-30(20-18-29)36(42)44-32-24-34(28(5)6)40(22-16-14-12-2)38(9,10)26-32/h17-20,27-28,31-35,41H,11-16,21-26H2,1-10H3.